The molecule has 122 valence electrons. The number of carbonyl (C=O) groups excluding carboxylic acids is 2. The van der Waals surface area contributed by atoms with E-state index in [0.717, 1.165) is 0 Å². The summed E-state index contributed by atoms with van der Waals surface area (Å²) >= 11 is 0. The molecule has 3 amide bonds. The van der Waals surface area contributed by atoms with Crippen molar-refractivity contribution < 1.29 is 22.7 Å². The number of ether oxygens (including phenoxy) is 1. The van der Waals surface area contributed by atoms with E-state index in [1.165, 1.54) is 6.07 Å². The second kappa shape index (κ2) is 7.11. The molecule has 0 unspecified atom stereocenters. The van der Waals surface area contributed by atoms with Crippen LogP contribution in [0.3, 0.4) is 0 Å². The lowest BCUT2D eigenvalue weighted by molar-refractivity contribution is -0.122. The summed E-state index contributed by atoms with van der Waals surface area (Å²) in [6, 6.07) is 7.06. The molecule has 2 rings (SSSR count). The number of nitriles is 1. The van der Waals surface area contributed by atoms with Gasteiger partial charge in [-0.3, -0.25) is 10.1 Å². The Balaban J connectivity index is 1.79. The fourth-order valence-electron chi connectivity index (χ4n) is 2.12. The number of nitrogens with one attached hydrogen (secondary N) is 2. The highest BCUT2D eigenvalue weighted by atomic mass is 32.2. The van der Waals surface area contributed by atoms with E-state index in [0.29, 0.717) is 6.42 Å². The molecule has 2 N–H and O–H groups in total. The highest BCUT2D eigenvalue weighted by Gasteiger charge is 2.29. The third-order valence-corrected chi connectivity index (χ3v) is 4.95. The van der Waals surface area contributed by atoms with Crippen LogP contribution in [-0.2, 0) is 14.6 Å². The van der Waals surface area contributed by atoms with Gasteiger partial charge in [0.05, 0.1) is 17.1 Å². The zero-order chi connectivity index (χ0) is 16.9. The number of hydrogen-bond donors (Lipinski definition) is 2. The van der Waals surface area contributed by atoms with Gasteiger partial charge in [0.2, 0.25) is 0 Å². The minimum absolute atomic E-state index is 0.0277. The number of benzene rings is 1. The highest BCUT2D eigenvalue weighted by Crippen LogP contribution is 2.16. The van der Waals surface area contributed by atoms with E-state index in [-0.39, 0.29) is 22.8 Å². The van der Waals surface area contributed by atoms with Gasteiger partial charge in [-0.25, -0.2) is 13.2 Å². The topological polar surface area (TPSA) is 125 Å². The molecule has 0 aliphatic carbocycles. The van der Waals surface area contributed by atoms with Crippen LogP contribution in [0.2, 0.25) is 0 Å². The zero-order valence-electron chi connectivity index (χ0n) is 12.1. The fourth-order valence-corrected chi connectivity index (χ4v) is 3.79. The summed E-state index contributed by atoms with van der Waals surface area (Å²) in [5, 5.41) is 13.4. The Hall–Kier alpha value is -2.60. The first-order valence-electron chi connectivity index (χ1n) is 6.82. The van der Waals surface area contributed by atoms with Gasteiger partial charge in [-0.05, 0) is 18.6 Å². The Morgan fingerprint density at radius 1 is 1.35 bits per heavy atom. The highest BCUT2D eigenvalue weighted by molar-refractivity contribution is 7.91. The molecule has 1 atom stereocenters. The first kappa shape index (κ1) is 16.8. The first-order valence-corrected chi connectivity index (χ1v) is 8.64. The monoisotopic (exact) mass is 337 g/mol. The summed E-state index contributed by atoms with van der Waals surface area (Å²) in [6.07, 6.45) is 0.329. The standard InChI is InChI=1S/C14H15N3O5S/c15-7-10-3-1-2-4-12(10)22-8-13(18)17-14(19)16-11-5-6-23(20,21)9-11/h1-4,11H,5-6,8-9H2,(H2,16,17,18,19)/t11-/m1/s1. The van der Waals surface area contributed by atoms with E-state index in [9.17, 15) is 18.0 Å². The third kappa shape index (κ3) is 4.96. The molecule has 1 aromatic rings. The normalized spacial score (nSPS) is 18.7. The van der Waals surface area contributed by atoms with Crippen LogP contribution in [0.1, 0.15) is 12.0 Å². The van der Waals surface area contributed by atoms with E-state index >= 15 is 0 Å². The second-order valence-electron chi connectivity index (χ2n) is 5.02. The smallest absolute Gasteiger partial charge is 0.321 e. The van der Waals surface area contributed by atoms with Crippen molar-refractivity contribution in [1.82, 2.24) is 10.6 Å². The maximum atomic E-state index is 11.6. The number of imide groups is 1. The van der Waals surface area contributed by atoms with Crippen molar-refractivity contribution in [2.24, 2.45) is 0 Å². The summed E-state index contributed by atoms with van der Waals surface area (Å²) < 4.78 is 27.7. The average molecular weight is 337 g/mol. The molecule has 23 heavy (non-hydrogen) atoms. The number of urea groups is 1. The van der Waals surface area contributed by atoms with Gasteiger partial charge in [0.15, 0.2) is 16.4 Å². The van der Waals surface area contributed by atoms with Gasteiger partial charge in [0, 0.05) is 6.04 Å². The van der Waals surface area contributed by atoms with Crippen LogP contribution < -0.4 is 15.4 Å². The van der Waals surface area contributed by atoms with Crippen molar-refractivity contribution in [2.75, 3.05) is 18.1 Å². The van der Waals surface area contributed by atoms with Crippen LogP contribution >= 0.6 is 0 Å². The fraction of sp³-hybridized carbons (Fsp3) is 0.357. The lowest BCUT2D eigenvalue weighted by atomic mass is 10.2. The maximum Gasteiger partial charge on any atom is 0.321 e. The number of rotatable bonds is 4. The summed E-state index contributed by atoms with van der Waals surface area (Å²) in [4.78, 5) is 23.2. The quantitative estimate of drug-likeness (QED) is 0.793. The Morgan fingerprint density at radius 3 is 2.74 bits per heavy atom. The molecule has 0 spiro atoms. The lowest BCUT2D eigenvalue weighted by Crippen LogP contribution is -2.46. The predicted molar refractivity (Wildman–Crippen MR) is 80.4 cm³/mol. The van der Waals surface area contributed by atoms with Crippen LogP contribution in [0, 0.1) is 11.3 Å². The number of hydrogen-bond acceptors (Lipinski definition) is 6. The van der Waals surface area contributed by atoms with Crippen LogP contribution in [-0.4, -0.2) is 44.5 Å². The minimum Gasteiger partial charge on any atom is -0.482 e. The lowest BCUT2D eigenvalue weighted by Gasteiger charge is -2.12. The summed E-state index contributed by atoms with van der Waals surface area (Å²) in [6.45, 7) is -0.435. The van der Waals surface area contributed by atoms with Crippen LogP contribution in [0.25, 0.3) is 0 Å². The van der Waals surface area contributed by atoms with Gasteiger partial charge in [-0.15, -0.1) is 0 Å². The number of nitrogens with zero attached hydrogens (tertiary/aromatic N) is 1. The van der Waals surface area contributed by atoms with Crippen molar-refractivity contribution in [3.63, 3.8) is 0 Å². The third-order valence-electron chi connectivity index (χ3n) is 3.19. The largest absolute Gasteiger partial charge is 0.482 e. The molecule has 0 saturated carbocycles. The van der Waals surface area contributed by atoms with E-state index in [1.54, 1.807) is 18.2 Å². The van der Waals surface area contributed by atoms with E-state index in [2.05, 4.69) is 10.6 Å². The number of sulfone groups is 1. The van der Waals surface area contributed by atoms with Gasteiger partial charge in [-0.2, -0.15) is 5.26 Å². The predicted octanol–water partition coefficient (Wildman–Crippen LogP) is -0.0500. The Labute approximate surface area is 133 Å². The Morgan fingerprint density at radius 2 is 2.09 bits per heavy atom. The average Bonchev–Trinajstić information content (AvgIpc) is 2.84. The zero-order valence-corrected chi connectivity index (χ0v) is 12.9. The van der Waals surface area contributed by atoms with Crippen molar-refractivity contribution in [3.8, 4) is 11.8 Å². The van der Waals surface area contributed by atoms with E-state index < -0.39 is 34.4 Å². The van der Waals surface area contributed by atoms with Crippen molar-refractivity contribution in [3.05, 3.63) is 29.8 Å². The van der Waals surface area contributed by atoms with Crippen LogP contribution in [0.5, 0.6) is 5.75 Å². The number of carbonyl (C=O) groups is 2. The van der Waals surface area contributed by atoms with Gasteiger partial charge in [0.1, 0.15) is 11.8 Å². The summed E-state index contributed by atoms with van der Waals surface area (Å²) in [7, 11) is -3.11. The molecule has 1 aromatic carbocycles. The molecule has 1 fully saturated rings. The molecule has 0 radical (unpaired) electrons. The summed E-state index contributed by atoms with van der Waals surface area (Å²) in [5.41, 5.74) is 0.279. The minimum atomic E-state index is -3.11. The molecule has 1 aliphatic rings. The van der Waals surface area contributed by atoms with Crippen molar-refractivity contribution in [1.29, 1.82) is 5.26 Å². The Kier molecular flexibility index (Phi) is 5.18. The van der Waals surface area contributed by atoms with Gasteiger partial charge >= 0.3 is 6.03 Å². The molecular weight excluding hydrogens is 322 g/mol. The molecule has 8 nitrogen and oxygen atoms in total. The molecule has 0 bridgehead atoms. The van der Waals surface area contributed by atoms with E-state index in [1.807, 2.05) is 6.07 Å². The molecule has 1 heterocycles. The summed E-state index contributed by atoms with van der Waals surface area (Å²) in [5.74, 6) is -0.552. The van der Waals surface area contributed by atoms with Crippen molar-refractivity contribution >= 4 is 21.8 Å². The first-order chi connectivity index (χ1) is 10.9. The van der Waals surface area contributed by atoms with Crippen LogP contribution in [0.4, 0.5) is 4.79 Å². The van der Waals surface area contributed by atoms with Gasteiger partial charge in [-0.1, -0.05) is 12.1 Å². The van der Waals surface area contributed by atoms with Gasteiger partial charge in [0.25, 0.3) is 5.91 Å². The SMILES string of the molecule is N#Cc1ccccc1OCC(=O)NC(=O)N[C@@H]1CCS(=O)(=O)C1. The molecular formula is C14H15N3O5S. The molecule has 0 aromatic heterocycles. The Bertz CT molecular complexity index is 754. The van der Waals surface area contributed by atoms with Crippen LogP contribution in [0.15, 0.2) is 24.3 Å². The van der Waals surface area contributed by atoms with E-state index in [4.69, 9.17) is 10.00 Å². The molecule has 1 saturated heterocycles. The molecule has 1 aliphatic heterocycles. The maximum absolute atomic E-state index is 11.6. The van der Waals surface area contributed by atoms with Gasteiger partial charge < -0.3 is 10.1 Å². The molecule has 9 heteroatoms. The number of amides is 3. The van der Waals surface area contributed by atoms with Crippen molar-refractivity contribution in [2.45, 2.75) is 12.5 Å². The second-order valence-corrected chi connectivity index (χ2v) is 7.25. The number of para-hydroxylation sites is 1.